The number of hydrogen-bond donors (Lipinski definition) is 1. The summed E-state index contributed by atoms with van der Waals surface area (Å²) in [6.07, 6.45) is 4.81. The summed E-state index contributed by atoms with van der Waals surface area (Å²) in [6.45, 7) is 3.31. The average Bonchev–Trinajstić information content (AvgIpc) is 3.44. The number of nitrogens with two attached hydrogens (primary N) is 1. The fourth-order valence-electron chi connectivity index (χ4n) is 3.41. The molecule has 4 nitrogen and oxygen atoms in total. The lowest BCUT2D eigenvalue weighted by atomic mass is 9.78. The van der Waals surface area contributed by atoms with Gasteiger partial charge in [-0.25, -0.2) is 0 Å². The lowest BCUT2D eigenvalue weighted by molar-refractivity contribution is -0.147. The van der Waals surface area contributed by atoms with Gasteiger partial charge in [0.05, 0.1) is 5.41 Å². The smallest absolute Gasteiger partial charge is 0.230 e. The van der Waals surface area contributed by atoms with Crippen LogP contribution in [0.25, 0.3) is 0 Å². The molecule has 1 aliphatic heterocycles. The molecule has 24 heavy (non-hydrogen) atoms. The van der Waals surface area contributed by atoms with Crippen LogP contribution in [0.5, 0.6) is 0 Å². The third-order valence-corrected chi connectivity index (χ3v) is 5.59. The predicted molar refractivity (Wildman–Crippen MR) is 96.0 cm³/mol. The molecule has 1 aromatic rings. The number of nitrogens with zero attached hydrogens (tertiary/aromatic N) is 1. The van der Waals surface area contributed by atoms with Crippen LogP contribution in [0.2, 0.25) is 5.02 Å². The zero-order chi connectivity index (χ0) is 17.0. The second-order valence-electron chi connectivity index (χ2n) is 7.17. The van der Waals surface area contributed by atoms with Crippen molar-refractivity contribution < 1.29 is 9.53 Å². The maximum atomic E-state index is 13.3. The van der Waals surface area contributed by atoms with Crippen LogP contribution in [0.4, 0.5) is 0 Å². The molecule has 2 aliphatic rings. The van der Waals surface area contributed by atoms with E-state index in [-0.39, 0.29) is 5.91 Å². The summed E-state index contributed by atoms with van der Waals surface area (Å²) in [7, 11) is 0. The van der Waals surface area contributed by atoms with Gasteiger partial charge in [-0.15, -0.1) is 0 Å². The Bertz CT molecular complexity index is 551. The van der Waals surface area contributed by atoms with Gasteiger partial charge in [0, 0.05) is 37.9 Å². The second-order valence-corrected chi connectivity index (χ2v) is 7.60. The summed E-state index contributed by atoms with van der Waals surface area (Å²) < 4.78 is 5.45. The highest BCUT2D eigenvalue weighted by molar-refractivity contribution is 6.30. The summed E-state index contributed by atoms with van der Waals surface area (Å²) in [6, 6.07) is 7.89. The van der Waals surface area contributed by atoms with Crippen molar-refractivity contribution in [2.45, 2.75) is 32.1 Å². The lowest BCUT2D eigenvalue weighted by Gasteiger charge is -2.39. The molecule has 0 bridgehead atoms. The van der Waals surface area contributed by atoms with Gasteiger partial charge in [-0.1, -0.05) is 23.7 Å². The van der Waals surface area contributed by atoms with E-state index in [9.17, 15) is 4.79 Å². The molecule has 2 N–H and O–H groups in total. The van der Waals surface area contributed by atoms with Crippen LogP contribution in [0.15, 0.2) is 24.3 Å². The Kier molecular flexibility index (Phi) is 5.80. The molecule has 1 aromatic carbocycles. The molecular formula is C19H27ClN2O2. The Morgan fingerprint density at radius 3 is 2.50 bits per heavy atom. The Hall–Kier alpha value is -1.10. The number of hydrogen-bond acceptors (Lipinski definition) is 3. The van der Waals surface area contributed by atoms with Gasteiger partial charge in [-0.3, -0.25) is 4.79 Å². The Morgan fingerprint density at radius 2 is 1.92 bits per heavy atom. The quantitative estimate of drug-likeness (QED) is 0.822. The van der Waals surface area contributed by atoms with Crippen LogP contribution in [0, 0.1) is 11.3 Å². The number of rotatable bonds is 7. The number of carbonyl (C=O) groups is 1. The van der Waals surface area contributed by atoms with Gasteiger partial charge >= 0.3 is 0 Å². The zero-order valence-corrected chi connectivity index (χ0v) is 14.9. The van der Waals surface area contributed by atoms with Crippen molar-refractivity contribution >= 4 is 17.5 Å². The molecule has 3 rings (SSSR count). The second kappa shape index (κ2) is 7.85. The van der Waals surface area contributed by atoms with Crippen LogP contribution in [0.3, 0.4) is 0 Å². The first-order valence-corrected chi connectivity index (χ1v) is 9.32. The topological polar surface area (TPSA) is 55.6 Å². The van der Waals surface area contributed by atoms with Crippen molar-refractivity contribution in [1.29, 1.82) is 0 Å². The minimum absolute atomic E-state index is 0.231. The molecule has 1 heterocycles. The third kappa shape index (κ3) is 4.29. The van der Waals surface area contributed by atoms with Gasteiger partial charge in [-0.05, 0) is 55.7 Å². The highest BCUT2D eigenvalue weighted by Crippen LogP contribution is 2.35. The van der Waals surface area contributed by atoms with E-state index in [1.54, 1.807) is 0 Å². The number of ether oxygens (including phenoxy) is 1. The summed E-state index contributed by atoms with van der Waals surface area (Å²) in [5, 5.41) is 0.744. The summed E-state index contributed by atoms with van der Waals surface area (Å²) in [4.78, 5) is 15.3. The van der Waals surface area contributed by atoms with E-state index >= 15 is 0 Å². The average molecular weight is 351 g/mol. The van der Waals surface area contributed by atoms with Gasteiger partial charge in [-0.2, -0.15) is 0 Å². The van der Waals surface area contributed by atoms with Crippen molar-refractivity contribution in [2.24, 2.45) is 17.1 Å². The van der Waals surface area contributed by atoms with Crippen LogP contribution in [-0.4, -0.2) is 43.7 Å². The SMILES string of the molecule is NCC1(C(=O)N(CCc2ccc(Cl)cc2)CC2CC2)CCOCC1. The van der Waals surface area contributed by atoms with E-state index in [4.69, 9.17) is 22.1 Å². The summed E-state index contributed by atoms with van der Waals surface area (Å²) in [5.41, 5.74) is 6.82. The van der Waals surface area contributed by atoms with Crippen molar-refractivity contribution in [3.8, 4) is 0 Å². The summed E-state index contributed by atoms with van der Waals surface area (Å²) >= 11 is 5.95. The van der Waals surface area contributed by atoms with Crippen molar-refractivity contribution in [1.82, 2.24) is 4.90 Å². The highest BCUT2D eigenvalue weighted by Gasteiger charge is 2.42. The molecule has 0 radical (unpaired) electrons. The van der Waals surface area contributed by atoms with Crippen LogP contribution in [-0.2, 0) is 16.0 Å². The molecule has 2 fully saturated rings. The van der Waals surface area contributed by atoms with E-state index in [0.717, 1.165) is 37.4 Å². The maximum Gasteiger partial charge on any atom is 0.230 e. The largest absolute Gasteiger partial charge is 0.381 e. The normalized spacial score (nSPS) is 19.9. The number of halogens is 1. The molecule has 5 heteroatoms. The van der Waals surface area contributed by atoms with Crippen LogP contribution >= 0.6 is 11.6 Å². The van der Waals surface area contributed by atoms with Gasteiger partial charge in [0.25, 0.3) is 0 Å². The Morgan fingerprint density at radius 1 is 1.25 bits per heavy atom. The number of amides is 1. The third-order valence-electron chi connectivity index (χ3n) is 5.34. The molecule has 0 spiro atoms. The van der Waals surface area contributed by atoms with E-state index < -0.39 is 5.41 Å². The molecule has 0 unspecified atom stereocenters. The number of benzene rings is 1. The minimum atomic E-state index is -0.423. The Balaban J connectivity index is 1.67. The summed E-state index contributed by atoms with van der Waals surface area (Å²) in [5.74, 6) is 0.906. The molecule has 0 aromatic heterocycles. The lowest BCUT2D eigenvalue weighted by Crippen LogP contribution is -2.51. The zero-order valence-electron chi connectivity index (χ0n) is 14.2. The molecule has 1 saturated heterocycles. The van der Waals surface area contributed by atoms with E-state index in [2.05, 4.69) is 4.90 Å². The van der Waals surface area contributed by atoms with Crippen LogP contribution in [0.1, 0.15) is 31.2 Å². The van der Waals surface area contributed by atoms with E-state index in [0.29, 0.717) is 25.7 Å². The van der Waals surface area contributed by atoms with Crippen molar-refractivity contribution in [3.05, 3.63) is 34.9 Å². The fraction of sp³-hybridized carbons (Fsp3) is 0.632. The first-order valence-electron chi connectivity index (χ1n) is 8.95. The highest BCUT2D eigenvalue weighted by atomic mass is 35.5. The van der Waals surface area contributed by atoms with Gasteiger partial charge in [0.15, 0.2) is 0 Å². The molecule has 1 aliphatic carbocycles. The van der Waals surface area contributed by atoms with E-state index in [1.165, 1.54) is 18.4 Å². The van der Waals surface area contributed by atoms with Crippen molar-refractivity contribution in [2.75, 3.05) is 32.8 Å². The number of carbonyl (C=O) groups excluding carboxylic acids is 1. The molecule has 1 amide bonds. The first kappa shape index (κ1) is 17.7. The molecular weight excluding hydrogens is 324 g/mol. The van der Waals surface area contributed by atoms with Gasteiger partial charge in [0.2, 0.25) is 5.91 Å². The van der Waals surface area contributed by atoms with E-state index in [1.807, 2.05) is 24.3 Å². The van der Waals surface area contributed by atoms with Crippen LogP contribution < -0.4 is 5.73 Å². The fourth-order valence-corrected chi connectivity index (χ4v) is 3.53. The molecule has 132 valence electrons. The van der Waals surface area contributed by atoms with Gasteiger partial charge < -0.3 is 15.4 Å². The van der Waals surface area contributed by atoms with Gasteiger partial charge in [0.1, 0.15) is 0 Å². The van der Waals surface area contributed by atoms with Crippen molar-refractivity contribution in [3.63, 3.8) is 0 Å². The molecule has 1 saturated carbocycles. The Labute approximate surface area is 149 Å². The monoisotopic (exact) mass is 350 g/mol. The molecule has 0 atom stereocenters. The minimum Gasteiger partial charge on any atom is -0.381 e. The predicted octanol–water partition coefficient (Wildman–Crippen LogP) is 2.88. The standard InChI is InChI=1S/C19H27ClN2O2/c20-17-5-3-15(4-6-17)7-10-22(13-16-1-2-16)18(23)19(14-21)8-11-24-12-9-19/h3-6,16H,1-2,7-14,21H2. The first-order chi connectivity index (χ1) is 11.6. The maximum absolute atomic E-state index is 13.3.